The Bertz CT molecular complexity index is 728. The summed E-state index contributed by atoms with van der Waals surface area (Å²) in [4.78, 5) is 0. The average Bonchev–Trinajstić information content (AvgIpc) is 2.92. The third-order valence-corrected chi connectivity index (χ3v) is 4.11. The van der Waals surface area contributed by atoms with Gasteiger partial charge in [0.1, 0.15) is 17.4 Å². The zero-order chi connectivity index (χ0) is 14.1. The first-order valence-electron chi connectivity index (χ1n) is 6.64. The molecule has 2 aromatic carbocycles. The van der Waals surface area contributed by atoms with E-state index in [-0.39, 0.29) is 0 Å². The van der Waals surface area contributed by atoms with Gasteiger partial charge in [-0.3, -0.25) is 0 Å². The molecule has 102 valence electrons. The van der Waals surface area contributed by atoms with Crippen LogP contribution in [-0.2, 0) is 6.42 Å². The second kappa shape index (κ2) is 5.43. The van der Waals surface area contributed by atoms with Crippen molar-refractivity contribution in [1.82, 2.24) is 0 Å². The van der Waals surface area contributed by atoms with E-state index in [4.69, 9.17) is 4.42 Å². The number of benzene rings is 2. The molecule has 1 heterocycles. The number of rotatable bonds is 3. The van der Waals surface area contributed by atoms with E-state index in [0.29, 0.717) is 5.76 Å². The minimum atomic E-state index is -0.736. The maximum atomic E-state index is 10.4. The molecular weight excluding hydrogens is 316 g/mol. The summed E-state index contributed by atoms with van der Waals surface area (Å²) in [5, 5.41) is 11.4. The molecule has 0 aliphatic heterocycles. The summed E-state index contributed by atoms with van der Waals surface area (Å²) in [6, 6.07) is 15.7. The van der Waals surface area contributed by atoms with Crippen LogP contribution in [0.1, 0.15) is 29.9 Å². The monoisotopic (exact) mass is 330 g/mol. The topological polar surface area (TPSA) is 33.4 Å². The van der Waals surface area contributed by atoms with Crippen LogP contribution in [0.5, 0.6) is 0 Å². The molecule has 1 unspecified atom stereocenters. The van der Waals surface area contributed by atoms with E-state index in [0.717, 1.165) is 27.4 Å². The first-order chi connectivity index (χ1) is 9.69. The van der Waals surface area contributed by atoms with Gasteiger partial charge in [-0.25, -0.2) is 0 Å². The van der Waals surface area contributed by atoms with Crippen molar-refractivity contribution in [3.05, 3.63) is 69.9 Å². The number of fused-ring (bicyclic) bond motifs is 1. The SMILES string of the molecule is CCc1ccc(C(O)c2cc3cccc(Br)c3o2)cc1. The van der Waals surface area contributed by atoms with E-state index >= 15 is 0 Å². The van der Waals surface area contributed by atoms with E-state index in [2.05, 4.69) is 22.9 Å². The van der Waals surface area contributed by atoms with Crippen LogP contribution >= 0.6 is 15.9 Å². The summed E-state index contributed by atoms with van der Waals surface area (Å²) in [5.41, 5.74) is 2.87. The lowest BCUT2D eigenvalue weighted by Gasteiger charge is -2.08. The molecule has 0 amide bonds. The van der Waals surface area contributed by atoms with Crippen molar-refractivity contribution in [2.24, 2.45) is 0 Å². The second-order valence-corrected chi connectivity index (χ2v) is 5.66. The molecule has 0 fully saturated rings. The van der Waals surface area contributed by atoms with E-state index in [9.17, 15) is 5.11 Å². The van der Waals surface area contributed by atoms with Gasteiger partial charge in [-0.15, -0.1) is 0 Å². The van der Waals surface area contributed by atoms with Gasteiger partial charge in [-0.2, -0.15) is 0 Å². The van der Waals surface area contributed by atoms with Gasteiger partial charge >= 0.3 is 0 Å². The van der Waals surface area contributed by atoms with Gasteiger partial charge in [-0.1, -0.05) is 43.3 Å². The third kappa shape index (κ3) is 2.39. The van der Waals surface area contributed by atoms with Crippen LogP contribution < -0.4 is 0 Å². The van der Waals surface area contributed by atoms with Crippen LogP contribution in [0.2, 0.25) is 0 Å². The van der Waals surface area contributed by atoms with Crippen molar-refractivity contribution < 1.29 is 9.52 Å². The fourth-order valence-electron chi connectivity index (χ4n) is 2.28. The van der Waals surface area contributed by atoms with Crippen LogP contribution in [-0.4, -0.2) is 5.11 Å². The molecule has 0 aliphatic rings. The van der Waals surface area contributed by atoms with Crippen molar-refractivity contribution >= 4 is 26.9 Å². The van der Waals surface area contributed by atoms with Gasteiger partial charge in [-0.05, 0) is 45.6 Å². The number of aryl methyl sites for hydroxylation is 1. The number of para-hydroxylation sites is 1. The third-order valence-electron chi connectivity index (χ3n) is 3.49. The number of furan rings is 1. The largest absolute Gasteiger partial charge is 0.457 e. The first-order valence-corrected chi connectivity index (χ1v) is 7.43. The predicted molar refractivity (Wildman–Crippen MR) is 83.8 cm³/mol. The fraction of sp³-hybridized carbons (Fsp3) is 0.176. The highest BCUT2D eigenvalue weighted by Crippen LogP contribution is 2.32. The van der Waals surface area contributed by atoms with Crippen molar-refractivity contribution in [2.75, 3.05) is 0 Å². The van der Waals surface area contributed by atoms with Crippen LogP contribution in [0, 0.1) is 0 Å². The summed E-state index contributed by atoms with van der Waals surface area (Å²) in [5.74, 6) is 0.566. The lowest BCUT2D eigenvalue weighted by atomic mass is 10.0. The Labute approximate surface area is 126 Å². The molecule has 0 saturated carbocycles. The molecule has 1 atom stereocenters. The lowest BCUT2D eigenvalue weighted by Crippen LogP contribution is -1.97. The molecule has 0 bridgehead atoms. The molecule has 3 rings (SSSR count). The highest BCUT2D eigenvalue weighted by molar-refractivity contribution is 9.10. The van der Waals surface area contributed by atoms with E-state index < -0.39 is 6.10 Å². The van der Waals surface area contributed by atoms with Crippen LogP contribution in [0.4, 0.5) is 0 Å². The molecule has 20 heavy (non-hydrogen) atoms. The number of aliphatic hydroxyl groups excluding tert-OH is 1. The van der Waals surface area contributed by atoms with Crippen molar-refractivity contribution in [3.63, 3.8) is 0 Å². The zero-order valence-corrected chi connectivity index (χ0v) is 12.7. The minimum absolute atomic E-state index is 0.566. The van der Waals surface area contributed by atoms with Crippen molar-refractivity contribution in [2.45, 2.75) is 19.4 Å². The number of aliphatic hydroxyl groups is 1. The number of hydrogen-bond acceptors (Lipinski definition) is 2. The van der Waals surface area contributed by atoms with Gasteiger partial charge < -0.3 is 9.52 Å². The Morgan fingerprint density at radius 1 is 1.15 bits per heavy atom. The number of hydrogen-bond donors (Lipinski definition) is 1. The van der Waals surface area contributed by atoms with Crippen molar-refractivity contribution in [3.8, 4) is 0 Å². The molecule has 0 radical (unpaired) electrons. The lowest BCUT2D eigenvalue weighted by molar-refractivity contribution is 0.192. The summed E-state index contributed by atoms with van der Waals surface area (Å²) < 4.78 is 6.67. The quantitative estimate of drug-likeness (QED) is 0.745. The molecule has 2 nitrogen and oxygen atoms in total. The van der Waals surface area contributed by atoms with Gasteiger partial charge in [0.15, 0.2) is 0 Å². The smallest absolute Gasteiger partial charge is 0.148 e. The molecule has 1 aromatic heterocycles. The molecule has 3 heteroatoms. The normalized spacial score (nSPS) is 12.8. The van der Waals surface area contributed by atoms with E-state index in [1.807, 2.05) is 48.5 Å². The van der Waals surface area contributed by atoms with Gasteiger partial charge in [0.25, 0.3) is 0 Å². The van der Waals surface area contributed by atoms with Crippen LogP contribution in [0.3, 0.4) is 0 Å². The molecule has 0 spiro atoms. The van der Waals surface area contributed by atoms with Crippen molar-refractivity contribution in [1.29, 1.82) is 0 Å². The highest BCUT2D eigenvalue weighted by atomic mass is 79.9. The highest BCUT2D eigenvalue weighted by Gasteiger charge is 2.16. The standard InChI is InChI=1S/C17H15BrO2/c1-2-11-6-8-12(9-7-11)16(19)15-10-13-4-3-5-14(18)17(13)20-15/h3-10,16,19H,2H2,1H3. The average molecular weight is 331 g/mol. The molecule has 3 aromatic rings. The molecule has 0 aliphatic carbocycles. The van der Waals surface area contributed by atoms with E-state index in [1.165, 1.54) is 5.56 Å². The predicted octanol–water partition coefficient (Wildman–Crippen LogP) is 4.84. The number of halogens is 1. The van der Waals surface area contributed by atoms with Gasteiger partial charge in [0, 0.05) is 5.39 Å². The summed E-state index contributed by atoms with van der Waals surface area (Å²) in [6.45, 7) is 2.11. The van der Waals surface area contributed by atoms with Crippen LogP contribution in [0.25, 0.3) is 11.0 Å². The van der Waals surface area contributed by atoms with E-state index in [1.54, 1.807) is 0 Å². The summed E-state index contributed by atoms with van der Waals surface area (Å²) in [6.07, 6.45) is 0.258. The second-order valence-electron chi connectivity index (χ2n) is 4.80. The summed E-state index contributed by atoms with van der Waals surface area (Å²) in [7, 11) is 0. The Balaban J connectivity index is 1.98. The molecule has 0 saturated heterocycles. The minimum Gasteiger partial charge on any atom is -0.457 e. The Kier molecular flexibility index (Phi) is 3.64. The molecule has 1 N–H and O–H groups in total. The van der Waals surface area contributed by atoms with Gasteiger partial charge in [0.2, 0.25) is 0 Å². The maximum absolute atomic E-state index is 10.4. The Morgan fingerprint density at radius 3 is 2.55 bits per heavy atom. The van der Waals surface area contributed by atoms with Crippen LogP contribution in [0.15, 0.2) is 57.4 Å². The Morgan fingerprint density at radius 2 is 1.90 bits per heavy atom. The Hall–Kier alpha value is -1.58. The summed E-state index contributed by atoms with van der Waals surface area (Å²) >= 11 is 3.46. The first kappa shape index (κ1) is 13.4. The zero-order valence-electron chi connectivity index (χ0n) is 11.1. The maximum Gasteiger partial charge on any atom is 0.148 e. The molecular formula is C17H15BrO2. The van der Waals surface area contributed by atoms with Gasteiger partial charge in [0.05, 0.1) is 4.47 Å². The fourth-order valence-corrected chi connectivity index (χ4v) is 2.74.